The van der Waals surface area contributed by atoms with Gasteiger partial charge in [0.1, 0.15) is 0 Å². The molecule has 2 saturated heterocycles. The van der Waals surface area contributed by atoms with Crippen molar-refractivity contribution in [3.63, 3.8) is 0 Å². The summed E-state index contributed by atoms with van der Waals surface area (Å²) in [7, 11) is 0. The summed E-state index contributed by atoms with van der Waals surface area (Å²) in [5.41, 5.74) is 2.71. The molecule has 3 heteroatoms. The highest BCUT2D eigenvalue weighted by atomic mass is 16.4. The Morgan fingerprint density at radius 1 is 1.33 bits per heavy atom. The summed E-state index contributed by atoms with van der Waals surface area (Å²) in [5, 5.41) is 9.37. The Bertz CT molecular complexity index is 510. The lowest BCUT2D eigenvalue weighted by molar-refractivity contribution is -0.142. The van der Waals surface area contributed by atoms with Gasteiger partial charge in [-0.1, -0.05) is 37.6 Å². The number of carbonyl (C=O) groups is 1. The Kier molecular flexibility index (Phi) is 4.03. The molecule has 0 aliphatic carbocycles. The van der Waals surface area contributed by atoms with E-state index in [4.69, 9.17) is 0 Å². The molecule has 0 amide bonds. The molecule has 2 aliphatic heterocycles. The fraction of sp³-hybridized carbons (Fsp3) is 0.611. The molecule has 2 heterocycles. The van der Waals surface area contributed by atoms with Gasteiger partial charge < -0.3 is 5.11 Å². The Balaban J connectivity index is 1.76. The minimum atomic E-state index is -0.613. The molecular formula is C18H25NO2. The van der Waals surface area contributed by atoms with Crippen molar-refractivity contribution in [2.75, 3.05) is 0 Å². The molecule has 2 bridgehead atoms. The van der Waals surface area contributed by atoms with Gasteiger partial charge in [0.25, 0.3) is 0 Å². The Morgan fingerprint density at radius 2 is 2.05 bits per heavy atom. The summed E-state index contributed by atoms with van der Waals surface area (Å²) in [6, 6.07) is 9.91. The normalized spacial score (nSPS) is 29.7. The molecule has 1 N–H and O–H groups in total. The largest absolute Gasteiger partial charge is 0.481 e. The minimum Gasteiger partial charge on any atom is -0.481 e. The number of hydrogen-bond acceptors (Lipinski definition) is 2. The lowest BCUT2D eigenvalue weighted by Crippen LogP contribution is -2.34. The maximum Gasteiger partial charge on any atom is 0.308 e. The Hall–Kier alpha value is -1.35. The smallest absolute Gasteiger partial charge is 0.308 e. The topological polar surface area (TPSA) is 40.5 Å². The van der Waals surface area contributed by atoms with Crippen molar-refractivity contribution < 1.29 is 9.90 Å². The van der Waals surface area contributed by atoms with Gasteiger partial charge >= 0.3 is 5.97 Å². The number of rotatable bonds is 5. The second kappa shape index (κ2) is 5.80. The van der Waals surface area contributed by atoms with Gasteiger partial charge in [-0.05, 0) is 43.7 Å². The highest BCUT2D eigenvalue weighted by Gasteiger charge is 2.50. The number of nitrogens with zero attached hydrogens (tertiary/aromatic N) is 1. The van der Waals surface area contributed by atoms with E-state index >= 15 is 0 Å². The first-order chi connectivity index (χ1) is 10.1. The van der Waals surface area contributed by atoms with E-state index in [9.17, 15) is 9.90 Å². The number of carboxylic acids is 1. The van der Waals surface area contributed by atoms with E-state index in [0.29, 0.717) is 12.1 Å². The first kappa shape index (κ1) is 14.6. The van der Waals surface area contributed by atoms with Gasteiger partial charge in [-0.3, -0.25) is 9.69 Å². The van der Waals surface area contributed by atoms with E-state index < -0.39 is 5.97 Å². The van der Waals surface area contributed by atoms with E-state index in [1.165, 1.54) is 17.5 Å². The molecule has 1 aromatic carbocycles. The number of fused-ring (bicyclic) bond motifs is 2. The van der Waals surface area contributed by atoms with Crippen LogP contribution in [0.1, 0.15) is 56.7 Å². The van der Waals surface area contributed by atoms with Crippen LogP contribution in [0.25, 0.3) is 0 Å². The first-order valence-corrected chi connectivity index (χ1v) is 8.21. The predicted molar refractivity (Wildman–Crippen MR) is 83.2 cm³/mol. The number of carboxylic acid groups (broad SMARTS) is 1. The van der Waals surface area contributed by atoms with Gasteiger partial charge in [-0.25, -0.2) is 0 Å². The van der Waals surface area contributed by atoms with Crippen molar-refractivity contribution in [2.45, 2.75) is 64.1 Å². The van der Waals surface area contributed by atoms with Crippen LogP contribution in [-0.2, 0) is 11.2 Å². The molecule has 0 aromatic heterocycles. The van der Waals surface area contributed by atoms with Crippen molar-refractivity contribution in [1.82, 2.24) is 4.90 Å². The molecule has 4 unspecified atom stereocenters. The fourth-order valence-corrected chi connectivity index (χ4v) is 4.32. The lowest BCUT2D eigenvalue weighted by atomic mass is 9.89. The van der Waals surface area contributed by atoms with E-state index in [2.05, 4.69) is 43.0 Å². The third-order valence-corrected chi connectivity index (χ3v) is 5.36. The fourth-order valence-electron chi connectivity index (χ4n) is 4.32. The molecule has 0 radical (unpaired) electrons. The SMILES string of the molecule is CCCc1ccc(C(C)N2C3CCC2C(C(=O)O)C3)cc1. The molecule has 1 aromatic rings. The number of hydrogen-bond donors (Lipinski definition) is 1. The van der Waals surface area contributed by atoms with Crippen LogP contribution in [0.3, 0.4) is 0 Å². The predicted octanol–water partition coefficient (Wildman–Crippen LogP) is 3.64. The molecule has 0 saturated carbocycles. The quantitative estimate of drug-likeness (QED) is 0.899. The van der Waals surface area contributed by atoms with Crippen LogP contribution in [0.4, 0.5) is 0 Å². The third kappa shape index (κ3) is 2.59. The van der Waals surface area contributed by atoms with Crippen LogP contribution >= 0.6 is 0 Å². The molecule has 3 rings (SSSR count). The summed E-state index contributed by atoms with van der Waals surface area (Å²) in [5.74, 6) is -0.775. The minimum absolute atomic E-state index is 0.162. The van der Waals surface area contributed by atoms with E-state index in [-0.39, 0.29) is 12.0 Å². The first-order valence-electron chi connectivity index (χ1n) is 8.21. The molecule has 21 heavy (non-hydrogen) atoms. The van der Waals surface area contributed by atoms with Crippen LogP contribution < -0.4 is 0 Å². The zero-order valence-electron chi connectivity index (χ0n) is 13.0. The molecule has 4 atom stereocenters. The highest BCUT2D eigenvalue weighted by Crippen LogP contribution is 2.46. The number of aliphatic carboxylic acids is 1. The van der Waals surface area contributed by atoms with Gasteiger partial charge in [-0.15, -0.1) is 0 Å². The van der Waals surface area contributed by atoms with Crippen LogP contribution in [0.2, 0.25) is 0 Å². The average Bonchev–Trinajstić information content (AvgIpc) is 3.05. The van der Waals surface area contributed by atoms with Gasteiger partial charge in [0, 0.05) is 18.1 Å². The zero-order chi connectivity index (χ0) is 15.0. The van der Waals surface area contributed by atoms with E-state index in [0.717, 1.165) is 25.7 Å². The average molecular weight is 287 g/mol. The molecule has 114 valence electrons. The van der Waals surface area contributed by atoms with Crippen molar-refractivity contribution in [1.29, 1.82) is 0 Å². The van der Waals surface area contributed by atoms with Gasteiger partial charge in [0.2, 0.25) is 0 Å². The van der Waals surface area contributed by atoms with E-state index in [1.807, 2.05) is 0 Å². The number of aryl methyl sites for hydroxylation is 1. The summed E-state index contributed by atoms with van der Waals surface area (Å²) in [6.07, 6.45) is 5.33. The molecule has 3 nitrogen and oxygen atoms in total. The standard InChI is InChI=1S/C18H25NO2/c1-3-4-13-5-7-14(8-6-13)12(2)19-15-9-10-17(19)16(11-15)18(20)21/h5-8,12,15-17H,3-4,9-11H2,1-2H3,(H,20,21). The van der Waals surface area contributed by atoms with Gasteiger partial charge in [-0.2, -0.15) is 0 Å². The Labute approximate surface area is 127 Å². The van der Waals surface area contributed by atoms with Crippen molar-refractivity contribution in [3.05, 3.63) is 35.4 Å². The molecule has 0 spiro atoms. The highest BCUT2D eigenvalue weighted by molar-refractivity contribution is 5.71. The van der Waals surface area contributed by atoms with Crippen LogP contribution in [-0.4, -0.2) is 28.1 Å². The summed E-state index contributed by atoms with van der Waals surface area (Å²) in [6.45, 7) is 4.43. The maximum absolute atomic E-state index is 11.4. The van der Waals surface area contributed by atoms with Crippen molar-refractivity contribution >= 4 is 5.97 Å². The third-order valence-electron chi connectivity index (χ3n) is 5.36. The molecular weight excluding hydrogens is 262 g/mol. The van der Waals surface area contributed by atoms with Crippen LogP contribution in [0, 0.1) is 5.92 Å². The summed E-state index contributed by atoms with van der Waals surface area (Å²) >= 11 is 0. The number of benzene rings is 1. The molecule has 2 fully saturated rings. The summed E-state index contributed by atoms with van der Waals surface area (Å²) < 4.78 is 0. The van der Waals surface area contributed by atoms with Gasteiger partial charge in [0.05, 0.1) is 5.92 Å². The zero-order valence-corrected chi connectivity index (χ0v) is 13.0. The monoisotopic (exact) mass is 287 g/mol. The maximum atomic E-state index is 11.4. The van der Waals surface area contributed by atoms with E-state index in [1.54, 1.807) is 0 Å². The van der Waals surface area contributed by atoms with Crippen LogP contribution in [0.5, 0.6) is 0 Å². The second-order valence-electron chi connectivity index (χ2n) is 6.59. The Morgan fingerprint density at radius 3 is 2.62 bits per heavy atom. The second-order valence-corrected chi connectivity index (χ2v) is 6.59. The lowest BCUT2D eigenvalue weighted by Gasteiger charge is -2.30. The van der Waals surface area contributed by atoms with Crippen LogP contribution in [0.15, 0.2) is 24.3 Å². The van der Waals surface area contributed by atoms with Gasteiger partial charge in [0.15, 0.2) is 0 Å². The van der Waals surface area contributed by atoms with Crippen molar-refractivity contribution in [2.24, 2.45) is 5.92 Å². The summed E-state index contributed by atoms with van der Waals surface area (Å²) in [4.78, 5) is 13.9. The molecule has 2 aliphatic rings. The van der Waals surface area contributed by atoms with Crippen molar-refractivity contribution in [3.8, 4) is 0 Å².